The molecular weight excluding hydrogens is 330 g/mol. The average Bonchev–Trinajstić information content (AvgIpc) is 3.38. The smallest absolute Gasteiger partial charge is 0.276 e. The summed E-state index contributed by atoms with van der Waals surface area (Å²) in [4.78, 5) is 16.7. The molecule has 130 valence electrons. The molecule has 0 aliphatic heterocycles. The summed E-state index contributed by atoms with van der Waals surface area (Å²) in [6, 6.07) is 12.8. The first-order chi connectivity index (χ1) is 12.6. The van der Waals surface area contributed by atoms with Crippen LogP contribution in [0.25, 0.3) is 17.1 Å². The Morgan fingerprint density at radius 2 is 2.00 bits per heavy atom. The van der Waals surface area contributed by atoms with E-state index in [2.05, 4.69) is 20.5 Å². The second-order valence-electron chi connectivity index (χ2n) is 5.93. The van der Waals surface area contributed by atoms with Crippen molar-refractivity contribution in [2.45, 2.75) is 13.8 Å². The van der Waals surface area contributed by atoms with Crippen LogP contribution in [-0.2, 0) is 0 Å². The molecule has 0 saturated heterocycles. The van der Waals surface area contributed by atoms with Gasteiger partial charge >= 0.3 is 0 Å². The van der Waals surface area contributed by atoms with E-state index in [-0.39, 0.29) is 5.91 Å². The number of nitrogens with one attached hydrogen (secondary N) is 2. The summed E-state index contributed by atoms with van der Waals surface area (Å²) in [5.41, 5.74) is 4.71. The Hall–Kier alpha value is -3.61. The maximum absolute atomic E-state index is 12.4. The van der Waals surface area contributed by atoms with Crippen molar-refractivity contribution < 1.29 is 9.21 Å². The SMILES string of the molecule is Cc1ncn(-c2ccc(NC(=O)c3cc(-c4ccco4)[nH]n3)cc2)c1C. The third-order valence-electron chi connectivity index (χ3n) is 4.25. The van der Waals surface area contributed by atoms with E-state index in [1.165, 1.54) is 0 Å². The van der Waals surface area contributed by atoms with E-state index in [1.54, 1.807) is 30.8 Å². The number of imidazole rings is 1. The molecule has 26 heavy (non-hydrogen) atoms. The predicted octanol–water partition coefficient (Wildman–Crippen LogP) is 3.72. The van der Waals surface area contributed by atoms with Gasteiger partial charge in [-0.25, -0.2) is 4.98 Å². The minimum Gasteiger partial charge on any atom is -0.463 e. The largest absolute Gasteiger partial charge is 0.463 e. The van der Waals surface area contributed by atoms with Gasteiger partial charge in [0, 0.05) is 23.1 Å². The second kappa shape index (κ2) is 6.36. The molecule has 0 aliphatic carbocycles. The lowest BCUT2D eigenvalue weighted by atomic mass is 10.2. The number of H-pyrrole nitrogens is 1. The van der Waals surface area contributed by atoms with Crippen LogP contribution >= 0.6 is 0 Å². The lowest BCUT2D eigenvalue weighted by Gasteiger charge is -2.08. The minimum absolute atomic E-state index is 0.290. The number of furan rings is 1. The minimum atomic E-state index is -0.290. The molecule has 0 atom stereocenters. The fraction of sp³-hybridized carbons (Fsp3) is 0.105. The Labute approximate surface area is 149 Å². The van der Waals surface area contributed by atoms with Crippen LogP contribution in [0.15, 0.2) is 59.5 Å². The van der Waals surface area contributed by atoms with E-state index in [0.717, 1.165) is 17.1 Å². The van der Waals surface area contributed by atoms with Crippen LogP contribution < -0.4 is 5.32 Å². The summed E-state index contributed by atoms with van der Waals surface area (Å²) in [7, 11) is 0. The number of hydrogen-bond acceptors (Lipinski definition) is 4. The van der Waals surface area contributed by atoms with Crippen LogP contribution in [0.4, 0.5) is 5.69 Å². The number of amides is 1. The average molecular weight is 347 g/mol. The van der Waals surface area contributed by atoms with Crippen molar-refractivity contribution in [2.75, 3.05) is 5.32 Å². The second-order valence-corrected chi connectivity index (χ2v) is 5.93. The number of aromatic nitrogens is 4. The molecule has 4 aromatic rings. The quantitative estimate of drug-likeness (QED) is 0.589. The van der Waals surface area contributed by atoms with Crippen molar-refractivity contribution in [1.29, 1.82) is 0 Å². The Morgan fingerprint density at radius 3 is 2.65 bits per heavy atom. The highest BCUT2D eigenvalue weighted by atomic mass is 16.3. The number of anilines is 1. The van der Waals surface area contributed by atoms with Gasteiger partial charge in [0.2, 0.25) is 0 Å². The van der Waals surface area contributed by atoms with Gasteiger partial charge in [-0.1, -0.05) is 0 Å². The van der Waals surface area contributed by atoms with E-state index < -0.39 is 0 Å². The van der Waals surface area contributed by atoms with E-state index in [1.807, 2.05) is 42.7 Å². The summed E-state index contributed by atoms with van der Waals surface area (Å²) in [5, 5.41) is 9.68. The highest BCUT2D eigenvalue weighted by Gasteiger charge is 2.13. The molecule has 7 nitrogen and oxygen atoms in total. The fourth-order valence-electron chi connectivity index (χ4n) is 2.66. The van der Waals surface area contributed by atoms with Gasteiger partial charge in [-0.3, -0.25) is 9.89 Å². The number of benzene rings is 1. The van der Waals surface area contributed by atoms with Crippen LogP contribution in [0.3, 0.4) is 0 Å². The van der Waals surface area contributed by atoms with Crippen LogP contribution in [0.2, 0.25) is 0 Å². The Bertz CT molecular complexity index is 1040. The summed E-state index contributed by atoms with van der Waals surface area (Å²) in [6.07, 6.45) is 3.36. The first kappa shape index (κ1) is 15.9. The molecule has 0 unspecified atom stereocenters. The topological polar surface area (TPSA) is 88.7 Å². The third-order valence-corrected chi connectivity index (χ3v) is 4.25. The van der Waals surface area contributed by atoms with Gasteiger partial charge in [0.15, 0.2) is 11.5 Å². The van der Waals surface area contributed by atoms with Crippen molar-refractivity contribution in [1.82, 2.24) is 19.7 Å². The number of carbonyl (C=O) groups is 1. The zero-order valence-corrected chi connectivity index (χ0v) is 14.4. The van der Waals surface area contributed by atoms with Gasteiger partial charge < -0.3 is 14.3 Å². The molecule has 3 heterocycles. The maximum Gasteiger partial charge on any atom is 0.276 e. The number of aromatic amines is 1. The zero-order chi connectivity index (χ0) is 18.1. The summed E-state index contributed by atoms with van der Waals surface area (Å²) >= 11 is 0. The monoisotopic (exact) mass is 347 g/mol. The highest BCUT2D eigenvalue weighted by molar-refractivity contribution is 6.03. The van der Waals surface area contributed by atoms with E-state index in [4.69, 9.17) is 4.42 Å². The normalized spacial score (nSPS) is 10.8. The lowest BCUT2D eigenvalue weighted by molar-refractivity contribution is 0.102. The molecule has 0 aliphatic rings. The number of hydrogen-bond donors (Lipinski definition) is 2. The van der Waals surface area contributed by atoms with Gasteiger partial charge in [-0.05, 0) is 50.2 Å². The van der Waals surface area contributed by atoms with Crippen LogP contribution in [-0.4, -0.2) is 25.7 Å². The van der Waals surface area contributed by atoms with Gasteiger partial charge in [-0.2, -0.15) is 5.10 Å². The number of nitrogens with zero attached hydrogens (tertiary/aromatic N) is 3. The molecule has 0 spiro atoms. The lowest BCUT2D eigenvalue weighted by Crippen LogP contribution is -2.12. The molecule has 0 bridgehead atoms. The van der Waals surface area contributed by atoms with Crippen LogP contribution in [0, 0.1) is 13.8 Å². The fourth-order valence-corrected chi connectivity index (χ4v) is 2.66. The molecule has 1 aromatic carbocycles. The Kier molecular flexibility index (Phi) is 3.89. The van der Waals surface area contributed by atoms with Crippen molar-refractivity contribution in [2.24, 2.45) is 0 Å². The maximum atomic E-state index is 12.4. The molecule has 0 radical (unpaired) electrons. The highest BCUT2D eigenvalue weighted by Crippen LogP contribution is 2.20. The van der Waals surface area contributed by atoms with E-state index in [9.17, 15) is 4.79 Å². The molecule has 7 heteroatoms. The number of rotatable bonds is 4. The Morgan fingerprint density at radius 1 is 1.19 bits per heavy atom. The van der Waals surface area contributed by atoms with E-state index >= 15 is 0 Å². The van der Waals surface area contributed by atoms with Crippen molar-refractivity contribution in [3.8, 4) is 17.1 Å². The summed E-state index contributed by atoms with van der Waals surface area (Å²) in [5.74, 6) is 0.341. The van der Waals surface area contributed by atoms with E-state index in [0.29, 0.717) is 22.8 Å². The first-order valence-corrected chi connectivity index (χ1v) is 8.13. The summed E-state index contributed by atoms with van der Waals surface area (Å²) in [6.45, 7) is 3.99. The molecular formula is C19H17N5O2. The number of carbonyl (C=O) groups excluding carboxylic acids is 1. The first-order valence-electron chi connectivity index (χ1n) is 8.13. The molecule has 4 rings (SSSR count). The molecule has 0 saturated carbocycles. The van der Waals surface area contributed by atoms with Gasteiger partial charge in [-0.15, -0.1) is 0 Å². The van der Waals surface area contributed by atoms with Gasteiger partial charge in [0.1, 0.15) is 5.69 Å². The molecule has 3 aromatic heterocycles. The third kappa shape index (κ3) is 2.90. The predicted molar refractivity (Wildman–Crippen MR) is 97.3 cm³/mol. The van der Waals surface area contributed by atoms with Crippen LogP contribution in [0.1, 0.15) is 21.9 Å². The van der Waals surface area contributed by atoms with Gasteiger partial charge in [0.05, 0.1) is 18.3 Å². The molecule has 2 N–H and O–H groups in total. The standard InChI is InChI=1S/C19H17N5O2/c1-12-13(2)24(11-20-12)15-7-5-14(6-8-15)21-19(25)17-10-16(22-23-17)18-4-3-9-26-18/h3-11H,1-2H3,(H,21,25)(H,22,23). The van der Waals surface area contributed by atoms with Crippen LogP contribution in [0.5, 0.6) is 0 Å². The molecule has 1 amide bonds. The summed E-state index contributed by atoms with van der Waals surface area (Å²) < 4.78 is 7.29. The van der Waals surface area contributed by atoms with Crippen molar-refractivity contribution in [3.05, 3.63) is 72.1 Å². The van der Waals surface area contributed by atoms with Gasteiger partial charge in [0.25, 0.3) is 5.91 Å². The Balaban J connectivity index is 1.49. The van der Waals surface area contributed by atoms with Crippen molar-refractivity contribution in [3.63, 3.8) is 0 Å². The zero-order valence-electron chi connectivity index (χ0n) is 14.4. The molecule has 0 fully saturated rings. The number of aryl methyl sites for hydroxylation is 1. The van der Waals surface area contributed by atoms with Crippen molar-refractivity contribution >= 4 is 11.6 Å².